The van der Waals surface area contributed by atoms with Crippen LogP contribution < -0.4 is 5.32 Å². The number of aromatic amines is 1. The molecule has 9 heteroatoms. The van der Waals surface area contributed by atoms with Crippen molar-refractivity contribution in [2.24, 2.45) is 0 Å². The Morgan fingerprint density at radius 1 is 1.19 bits per heavy atom. The SMILES string of the molecule is O=C(CSc1nnnn1C1CC1)NC[C@@H](c1ccccc1Cl)c1c[nH]c2ccccc12. The Bertz CT molecular complexity index is 1220. The first-order chi connectivity index (χ1) is 15.2. The summed E-state index contributed by atoms with van der Waals surface area (Å²) < 4.78 is 1.82. The second-order valence-corrected chi connectivity index (χ2v) is 8.94. The summed E-state index contributed by atoms with van der Waals surface area (Å²) >= 11 is 7.90. The van der Waals surface area contributed by atoms with Crippen molar-refractivity contribution in [3.63, 3.8) is 0 Å². The number of thioether (sulfide) groups is 1. The molecular weight excluding hydrogens is 432 g/mol. The van der Waals surface area contributed by atoms with Crippen LogP contribution in [-0.4, -0.2) is 43.4 Å². The number of hydrogen-bond acceptors (Lipinski definition) is 5. The van der Waals surface area contributed by atoms with Crippen molar-refractivity contribution in [2.45, 2.75) is 30.0 Å². The molecule has 1 fully saturated rings. The van der Waals surface area contributed by atoms with Gasteiger partial charge in [-0.3, -0.25) is 4.79 Å². The van der Waals surface area contributed by atoms with E-state index in [-0.39, 0.29) is 17.6 Å². The van der Waals surface area contributed by atoms with Crippen LogP contribution in [0.25, 0.3) is 10.9 Å². The van der Waals surface area contributed by atoms with Crippen LogP contribution >= 0.6 is 23.4 Å². The summed E-state index contributed by atoms with van der Waals surface area (Å²) in [5.74, 6) is 0.124. The van der Waals surface area contributed by atoms with Gasteiger partial charge in [-0.15, -0.1) is 5.10 Å². The third kappa shape index (κ3) is 4.31. The van der Waals surface area contributed by atoms with Gasteiger partial charge in [-0.25, -0.2) is 4.68 Å². The van der Waals surface area contributed by atoms with Gasteiger partial charge in [-0.05, 0) is 46.5 Å². The highest BCUT2D eigenvalue weighted by Crippen LogP contribution is 2.36. The third-order valence-electron chi connectivity index (χ3n) is 5.47. The molecule has 7 nitrogen and oxygen atoms in total. The lowest BCUT2D eigenvalue weighted by atomic mass is 9.91. The molecule has 1 amide bonds. The summed E-state index contributed by atoms with van der Waals surface area (Å²) in [6.45, 7) is 0.443. The van der Waals surface area contributed by atoms with E-state index in [1.807, 2.05) is 53.3 Å². The average molecular weight is 453 g/mol. The molecule has 0 unspecified atom stereocenters. The van der Waals surface area contributed by atoms with E-state index in [1.165, 1.54) is 11.8 Å². The van der Waals surface area contributed by atoms with Gasteiger partial charge in [0.15, 0.2) is 0 Å². The minimum atomic E-state index is -0.0735. The minimum Gasteiger partial charge on any atom is -0.361 e. The van der Waals surface area contributed by atoms with E-state index in [2.05, 4.69) is 31.9 Å². The normalized spacial score (nSPS) is 14.6. The first-order valence-electron chi connectivity index (χ1n) is 10.2. The fourth-order valence-corrected chi connectivity index (χ4v) is 4.79. The Balaban J connectivity index is 1.32. The number of aromatic nitrogens is 5. The van der Waals surface area contributed by atoms with Gasteiger partial charge in [-0.2, -0.15) is 0 Å². The summed E-state index contributed by atoms with van der Waals surface area (Å²) in [5.41, 5.74) is 3.15. The first-order valence-corrected chi connectivity index (χ1v) is 11.5. The Morgan fingerprint density at radius 2 is 2.00 bits per heavy atom. The standard InChI is InChI=1S/C22H21ClN6OS/c23-19-7-3-1-5-15(19)17(18-11-24-20-8-4-2-6-16(18)20)12-25-21(30)13-31-22-26-27-28-29(22)14-9-10-14/h1-8,11,14,17,24H,9-10,12-13H2,(H,25,30)/t17-/m0/s1. The zero-order valence-corrected chi connectivity index (χ0v) is 18.2. The van der Waals surface area contributed by atoms with Crippen molar-refractivity contribution in [3.8, 4) is 0 Å². The van der Waals surface area contributed by atoms with Crippen molar-refractivity contribution in [1.82, 2.24) is 30.5 Å². The van der Waals surface area contributed by atoms with Crippen LogP contribution in [0.2, 0.25) is 5.02 Å². The van der Waals surface area contributed by atoms with E-state index < -0.39 is 0 Å². The molecule has 158 valence electrons. The molecular formula is C22H21ClN6OS. The number of para-hydroxylation sites is 1. The van der Waals surface area contributed by atoms with E-state index in [1.54, 1.807) is 0 Å². The monoisotopic (exact) mass is 452 g/mol. The maximum Gasteiger partial charge on any atom is 0.230 e. The van der Waals surface area contributed by atoms with Crippen molar-refractivity contribution >= 4 is 40.2 Å². The lowest BCUT2D eigenvalue weighted by Gasteiger charge is -2.19. The van der Waals surface area contributed by atoms with Crippen LogP contribution in [0.5, 0.6) is 0 Å². The van der Waals surface area contributed by atoms with E-state index in [0.29, 0.717) is 22.8 Å². The predicted octanol–water partition coefficient (Wildman–Crippen LogP) is 4.18. The number of nitrogens with one attached hydrogen (secondary N) is 2. The van der Waals surface area contributed by atoms with Crippen LogP contribution in [0.15, 0.2) is 59.9 Å². The molecule has 5 rings (SSSR count). The van der Waals surface area contributed by atoms with E-state index in [4.69, 9.17) is 11.6 Å². The maximum absolute atomic E-state index is 12.6. The number of amides is 1. The van der Waals surface area contributed by atoms with E-state index in [0.717, 1.165) is 34.9 Å². The molecule has 0 bridgehead atoms. The molecule has 2 N–H and O–H groups in total. The molecule has 1 aliphatic rings. The van der Waals surface area contributed by atoms with Crippen molar-refractivity contribution in [3.05, 3.63) is 70.9 Å². The Morgan fingerprint density at radius 3 is 2.84 bits per heavy atom. The molecule has 0 spiro atoms. The van der Waals surface area contributed by atoms with Crippen molar-refractivity contribution in [1.29, 1.82) is 0 Å². The number of rotatable bonds is 8. The quantitative estimate of drug-likeness (QED) is 0.391. The Labute approximate surface area is 188 Å². The average Bonchev–Trinajstić information content (AvgIpc) is 3.37. The van der Waals surface area contributed by atoms with Crippen LogP contribution in [0.3, 0.4) is 0 Å². The van der Waals surface area contributed by atoms with Crippen LogP contribution in [0.1, 0.15) is 35.9 Å². The Kier molecular flexibility index (Phi) is 5.65. The lowest BCUT2D eigenvalue weighted by molar-refractivity contribution is -0.118. The number of hydrogen-bond donors (Lipinski definition) is 2. The summed E-state index contributed by atoms with van der Waals surface area (Å²) in [6, 6.07) is 16.3. The number of H-pyrrole nitrogens is 1. The smallest absolute Gasteiger partial charge is 0.230 e. The molecule has 2 heterocycles. The van der Waals surface area contributed by atoms with Gasteiger partial charge < -0.3 is 10.3 Å². The Hall–Kier alpha value is -2.84. The largest absolute Gasteiger partial charge is 0.361 e. The van der Waals surface area contributed by atoms with E-state index >= 15 is 0 Å². The highest BCUT2D eigenvalue weighted by atomic mass is 35.5. The van der Waals surface area contributed by atoms with Gasteiger partial charge in [0.05, 0.1) is 11.8 Å². The zero-order valence-electron chi connectivity index (χ0n) is 16.7. The second kappa shape index (κ2) is 8.72. The number of tetrazole rings is 1. The highest BCUT2D eigenvalue weighted by molar-refractivity contribution is 7.99. The number of nitrogens with zero attached hydrogens (tertiary/aromatic N) is 4. The minimum absolute atomic E-state index is 0.0627. The number of carbonyl (C=O) groups is 1. The molecule has 1 atom stereocenters. The van der Waals surface area contributed by atoms with Crippen LogP contribution in [-0.2, 0) is 4.79 Å². The van der Waals surface area contributed by atoms with Crippen molar-refractivity contribution in [2.75, 3.05) is 12.3 Å². The van der Waals surface area contributed by atoms with Gasteiger partial charge in [-0.1, -0.05) is 59.8 Å². The predicted molar refractivity (Wildman–Crippen MR) is 121 cm³/mol. The summed E-state index contributed by atoms with van der Waals surface area (Å²) in [5, 5.41) is 17.4. The molecule has 4 aromatic rings. The van der Waals surface area contributed by atoms with Gasteiger partial charge in [0.25, 0.3) is 0 Å². The van der Waals surface area contributed by atoms with Gasteiger partial charge in [0, 0.05) is 34.6 Å². The molecule has 1 aliphatic carbocycles. The van der Waals surface area contributed by atoms with Gasteiger partial charge in [0.2, 0.25) is 11.1 Å². The van der Waals surface area contributed by atoms with E-state index in [9.17, 15) is 4.79 Å². The number of carbonyl (C=O) groups excluding carboxylic acids is 1. The fraction of sp³-hybridized carbons (Fsp3) is 0.273. The topological polar surface area (TPSA) is 88.5 Å². The molecule has 1 saturated carbocycles. The number of halogens is 1. The molecule has 31 heavy (non-hydrogen) atoms. The van der Waals surface area contributed by atoms with Crippen molar-refractivity contribution < 1.29 is 4.79 Å². The number of fused-ring (bicyclic) bond motifs is 1. The highest BCUT2D eigenvalue weighted by Gasteiger charge is 2.28. The molecule has 0 saturated heterocycles. The summed E-state index contributed by atoms with van der Waals surface area (Å²) in [6.07, 6.45) is 4.19. The molecule has 0 aliphatic heterocycles. The molecule has 0 radical (unpaired) electrons. The molecule has 2 aromatic heterocycles. The third-order valence-corrected chi connectivity index (χ3v) is 6.75. The first kappa shape index (κ1) is 20.1. The second-order valence-electron chi connectivity index (χ2n) is 7.59. The van der Waals surface area contributed by atoms with Crippen LogP contribution in [0.4, 0.5) is 0 Å². The summed E-state index contributed by atoms with van der Waals surface area (Å²) in [7, 11) is 0. The maximum atomic E-state index is 12.6. The number of benzene rings is 2. The fourth-order valence-electron chi connectivity index (χ4n) is 3.75. The lowest BCUT2D eigenvalue weighted by Crippen LogP contribution is -2.30. The van der Waals surface area contributed by atoms with Gasteiger partial charge in [0.1, 0.15) is 0 Å². The van der Waals surface area contributed by atoms with Gasteiger partial charge >= 0.3 is 0 Å². The molecule has 2 aromatic carbocycles. The zero-order chi connectivity index (χ0) is 21.2. The van der Waals surface area contributed by atoms with Crippen LogP contribution in [0, 0.1) is 0 Å². The summed E-state index contributed by atoms with van der Waals surface area (Å²) in [4.78, 5) is 16.0.